The first-order valence-corrected chi connectivity index (χ1v) is 6.56. The monoisotopic (exact) mass is 261 g/mol. The average Bonchev–Trinajstić information content (AvgIpc) is 2.66. The Balaban J connectivity index is 2.65. The molecule has 0 saturated heterocycles. The van der Waals surface area contributed by atoms with Crippen LogP contribution in [0.3, 0.4) is 0 Å². The number of thioether (sulfide) groups is 1. The first-order chi connectivity index (χ1) is 7.69. The summed E-state index contributed by atoms with van der Waals surface area (Å²) in [6.45, 7) is 0.263. The van der Waals surface area contributed by atoms with Gasteiger partial charge in [0, 0.05) is 11.1 Å². The van der Waals surface area contributed by atoms with Crippen LogP contribution < -0.4 is 5.73 Å². The highest BCUT2D eigenvalue weighted by atomic mass is 32.2. The molecule has 0 saturated carbocycles. The highest BCUT2D eigenvalue weighted by Crippen LogP contribution is 2.12. The van der Waals surface area contributed by atoms with Crippen molar-refractivity contribution in [3.63, 3.8) is 0 Å². The van der Waals surface area contributed by atoms with Crippen molar-refractivity contribution in [2.75, 3.05) is 24.3 Å². The Bertz CT molecular complexity index is 392. The van der Waals surface area contributed by atoms with Crippen LogP contribution >= 0.6 is 23.1 Å². The van der Waals surface area contributed by atoms with Crippen molar-refractivity contribution in [3.05, 3.63) is 11.1 Å². The molecule has 88 valence electrons. The summed E-state index contributed by atoms with van der Waals surface area (Å²) in [7, 11) is 0. The van der Waals surface area contributed by atoms with Gasteiger partial charge in [0.1, 0.15) is 12.3 Å². The second-order valence-electron chi connectivity index (χ2n) is 2.65. The molecular formula is C8H11N3O3S2. The van der Waals surface area contributed by atoms with E-state index in [9.17, 15) is 4.79 Å². The molecule has 0 aliphatic rings. The Labute approximate surface area is 100 Å². The maximum Gasteiger partial charge on any atom is 0.362 e. The van der Waals surface area contributed by atoms with Gasteiger partial charge in [-0.1, -0.05) is 5.16 Å². The Hall–Kier alpha value is -1.28. The van der Waals surface area contributed by atoms with Crippen LogP contribution in [0.15, 0.2) is 10.5 Å². The number of hydrogen-bond acceptors (Lipinski definition) is 8. The van der Waals surface area contributed by atoms with E-state index >= 15 is 0 Å². The first kappa shape index (κ1) is 12.8. The van der Waals surface area contributed by atoms with Crippen molar-refractivity contribution in [2.24, 2.45) is 5.16 Å². The van der Waals surface area contributed by atoms with Crippen molar-refractivity contribution in [1.29, 1.82) is 0 Å². The number of nitrogen functional groups attached to an aromatic ring is 1. The molecule has 1 aromatic rings. The van der Waals surface area contributed by atoms with E-state index in [2.05, 4.69) is 10.1 Å². The van der Waals surface area contributed by atoms with E-state index in [1.54, 1.807) is 11.8 Å². The number of oxime groups is 1. The lowest BCUT2D eigenvalue weighted by molar-refractivity contribution is -0.135. The zero-order valence-electron chi connectivity index (χ0n) is 8.54. The quantitative estimate of drug-likeness (QED) is 0.267. The minimum absolute atomic E-state index is 0.221. The Morgan fingerprint density at radius 3 is 3.06 bits per heavy atom. The Kier molecular flexibility index (Phi) is 5.06. The van der Waals surface area contributed by atoms with E-state index in [1.165, 1.54) is 5.38 Å². The minimum atomic E-state index is -0.707. The maximum absolute atomic E-state index is 11.5. The summed E-state index contributed by atoms with van der Waals surface area (Å²) >= 11 is 2.71. The maximum atomic E-state index is 11.5. The SMILES string of the molecule is CSCCOC(=O)/C(=N/O)c1csc(N)n1. The van der Waals surface area contributed by atoms with Crippen molar-refractivity contribution in [3.8, 4) is 0 Å². The fourth-order valence-electron chi connectivity index (χ4n) is 0.879. The van der Waals surface area contributed by atoms with Gasteiger partial charge in [-0.3, -0.25) is 0 Å². The molecule has 0 aliphatic heterocycles. The highest BCUT2D eigenvalue weighted by molar-refractivity contribution is 7.98. The number of nitrogens with two attached hydrogens (primary N) is 1. The average molecular weight is 261 g/mol. The summed E-state index contributed by atoms with van der Waals surface area (Å²) in [5.41, 5.74) is 5.40. The molecule has 1 rings (SSSR count). The summed E-state index contributed by atoms with van der Waals surface area (Å²) in [6, 6.07) is 0. The Morgan fingerprint density at radius 1 is 1.81 bits per heavy atom. The second-order valence-corrected chi connectivity index (χ2v) is 4.52. The third-order valence-corrected chi connectivity index (χ3v) is 2.83. The number of esters is 1. The van der Waals surface area contributed by atoms with Crippen molar-refractivity contribution < 1.29 is 14.7 Å². The molecule has 1 aromatic heterocycles. The van der Waals surface area contributed by atoms with E-state index in [4.69, 9.17) is 15.7 Å². The molecule has 6 nitrogen and oxygen atoms in total. The number of aromatic nitrogens is 1. The van der Waals surface area contributed by atoms with E-state index in [1.807, 2.05) is 6.26 Å². The van der Waals surface area contributed by atoms with Gasteiger partial charge < -0.3 is 15.7 Å². The molecule has 0 radical (unpaired) electrons. The van der Waals surface area contributed by atoms with Crippen molar-refractivity contribution >= 4 is 39.9 Å². The lowest BCUT2D eigenvalue weighted by Gasteiger charge is -2.02. The second kappa shape index (κ2) is 6.33. The van der Waals surface area contributed by atoms with Gasteiger partial charge in [-0.15, -0.1) is 11.3 Å². The summed E-state index contributed by atoms with van der Waals surface area (Å²) in [4.78, 5) is 15.3. The lowest BCUT2D eigenvalue weighted by Crippen LogP contribution is -2.20. The van der Waals surface area contributed by atoms with Crippen LogP contribution in [-0.4, -0.2) is 40.5 Å². The molecule has 0 atom stereocenters. The van der Waals surface area contributed by atoms with Crippen LogP contribution in [0.25, 0.3) is 0 Å². The summed E-state index contributed by atoms with van der Waals surface area (Å²) in [5.74, 6) is -0.0224. The van der Waals surface area contributed by atoms with Crippen LogP contribution in [0, 0.1) is 0 Å². The molecule has 0 amide bonds. The lowest BCUT2D eigenvalue weighted by atomic mass is 10.3. The predicted molar refractivity (Wildman–Crippen MR) is 64.2 cm³/mol. The highest BCUT2D eigenvalue weighted by Gasteiger charge is 2.19. The summed E-state index contributed by atoms with van der Waals surface area (Å²) in [5, 5.41) is 13.4. The van der Waals surface area contributed by atoms with Gasteiger partial charge in [-0.25, -0.2) is 9.78 Å². The fourth-order valence-corrected chi connectivity index (χ4v) is 1.68. The largest absolute Gasteiger partial charge is 0.460 e. The summed E-state index contributed by atoms with van der Waals surface area (Å²) < 4.78 is 4.87. The number of nitrogens with zero attached hydrogens (tertiary/aromatic N) is 2. The molecule has 1 heterocycles. The molecule has 3 N–H and O–H groups in total. The van der Waals surface area contributed by atoms with Gasteiger partial charge in [-0.05, 0) is 6.26 Å². The topological polar surface area (TPSA) is 97.8 Å². The van der Waals surface area contributed by atoms with E-state index in [0.29, 0.717) is 10.9 Å². The van der Waals surface area contributed by atoms with Crippen LogP contribution in [-0.2, 0) is 9.53 Å². The smallest absolute Gasteiger partial charge is 0.362 e. The minimum Gasteiger partial charge on any atom is -0.460 e. The number of hydrogen-bond donors (Lipinski definition) is 2. The molecule has 16 heavy (non-hydrogen) atoms. The predicted octanol–water partition coefficient (Wildman–Crippen LogP) is 0.810. The van der Waals surface area contributed by atoms with Gasteiger partial charge in [0.05, 0.1) is 0 Å². The number of ether oxygens (including phenoxy) is 1. The molecule has 0 fully saturated rings. The van der Waals surface area contributed by atoms with E-state index in [-0.39, 0.29) is 18.0 Å². The Morgan fingerprint density at radius 2 is 2.56 bits per heavy atom. The molecular weight excluding hydrogens is 250 g/mol. The fraction of sp³-hybridized carbons (Fsp3) is 0.375. The van der Waals surface area contributed by atoms with Crippen LogP contribution in [0.2, 0.25) is 0 Å². The van der Waals surface area contributed by atoms with E-state index in [0.717, 1.165) is 11.3 Å². The molecule has 0 aromatic carbocycles. The number of anilines is 1. The molecule has 0 bridgehead atoms. The number of rotatable bonds is 5. The van der Waals surface area contributed by atoms with Crippen molar-refractivity contribution in [2.45, 2.75) is 0 Å². The number of carbonyl (C=O) groups is 1. The number of carbonyl (C=O) groups excluding carboxylic acids is 1. The zero-order valence-corrected chi connectivity index (χ0v) is 10.2. The van der Waals surface area contributed by atoms with Gasteiger partial charge in [-0.2, -0.15) is 11.8 Å². The van der Waals surface area contributed by atoms with Crippen LogP contribution in [0.4, 0.5) is 5.13 Å². The summed E-state index contributed by atoms with van der Waals surface area (Å²) in [6.07, 6.45) is 1.90. The standard InChI is InChI=1S/C8H11N3O3S2/c1-15-3-2-14-7(12)6(11-13)5-4-16-8(9)10-5/h4,13H,2-3H2,1H3,(H2,9,10)/b11-6+. The normalized spacial score (nSPS) is 11.4. The van der Waals surface area contributed by atoms with Crippen LogP contribution in [0.5, 0.6) is 0 Å². The van der Waals surface area contributed by atoms with Gasteiger partial charge in [0.2, 0.25) is 5.71 Å². The molecule has 0 spiro atoms. The zero-order chi connectivity index (χ0) is 12.0. The van der Waals surface area contributed by atoms with Gasteiger partial charge in [0.25, 0.3) is 0 Å². The van der Waals surface area contributed by atoms with Gasteiger partial charge in [0.15, 0.2) is 5.13 Å². The third kappa shape index (κ3) is 3.38. The molecule has 0 unspecified atom stereocenters. The number of thiazole rings is 1. The first-order valence-electron chi connectivity index (χ1n) is 4.28. The van der Waals surface area contributed by atoms with Gasteiger partial charge >= 0.3 is 5.97 Å². The molecule has 8 heteroatoms. The van der Waals surface area contributed by atoms with E-state index < -0.39 is 5.97 Å². The van der Waals surface area contributed by atoms with Crippen LogP contribution in [0.1, 0.15) is 5.69 Å². The van der Waals surface area contributed by atoms with Crippen molar-refractivity contribution in [1.82, 2.24) is 4.98 Å². The molecule has 0 aliphatic carbocycles. The third-order valence-electron chi connectivity index (χ3n) is 1.58.